The summed E-state index contributed by atoms with van der Waals surface area (Å²) in [5, 5.41) is 13.0. The lowest BCUT2D eigenvalue weighted by Crippen LogP contribution is -2.51. The van der Waals surface area contributed by atoms with Gasteiger partial charge in [0, 0.05) is 19.6 Å². The zero-order valence-electron chi connectivity index (χ0n) is 12.5. The van der Waals surface area contributed by atoms with E-state index in [0.717, 1.165) is 45.4 Å². The third-order valence-electron chi connectivity index (χ3n) is 5.23. The fourth-order valence-electron chi connectivity index (χ4n) is 3.53. The van der Waals surface area contributed by atoms with Crippen LogP contribution in [0.15, 0.2) is 0 Å². The number of carbonyl (C=O) groups excluding carboxylic acids is 1. The van der Waals surface area contributed by atoms with E-state index in [2.05, 4.69) is 19.2 Å². The SMILES string of the molecule is CC(O)C1CCN(C(=O)C2(C(C)C)CCNC2)CC1. The molecule has 1 amide bonds. The third-order valence-corrected chi connectivity index (χ3v) is 5.23. The second-order valence-electron chi connectivity index (χ2n) is 6.61. The van der Waals surface area contributed by atoms with Gasteiger partial charge >= 0.3 is 0 Å². The van der Waals surface area contributed by atoms with Gasteiger partial charge in [-0.1, -0.05) is 13.8 Å². The molecule has 0 saturated carbocycles. The standard InChI is InChI=1S/C15H28N2O2/c1-11(2)15(6-7-16-10-15)14(19)17-8-4-13(5-9-17)12(3)18/h11-13,16,18H,4-10H2,1-3H3. The number of amides is 1. The Balaban J connectivity index is 2.00. The second kappa shape index (κ2) is 5.80. The average molecular weight is 268 g/mol. The molecule has 4 heteroatoms. The van der Waals surface area contributed by atoms with Crippen molar-refractivity contribution < 1.29 is 9.90 Å². The van der Waals surface area contributed by atoms with Gasteiger partial charge in [-0.3, -0.25) is 4.79 Å². The van der Waals surface area contributed by atoms with E-state index >= 15 is 0 Å². The van der Waals surface area contributed by atoms with Crippen molar-refractivity contribution in [2.45, 2.75) is 46.1 Å². The van der Waals surface area contributed by atoms with Gasteiger partial charge in [-0.05, 0) is 44.6 Å². The van der Waals surface area contributed by atoms with Gasteiger partial charge in [0.05, 0.1) is 11.5 Å². The van der Waals surface area contributed by atoms with E-state index in [1.54, 1.807) is 0 Å². The van der Waals surface area contributed by atoms with Gasteiger partial charge in [0.15, 0.2) is 0 Å². The van der Waals surface area contributed by atoms with Crippen LogP contribution in [0.4, 0.5) is 0 Å². The molecule has 2 atom stereocenters. The Morgan fingerprint density at radius 2 is 1.95 bits per heavy atom. The van der Waals surface area contributed by atoms with E-state index < -0.39 is 0 Å². The molecule has 2 aliphatic rings. The molecule has 2 saturated heterocycles. The third kappa shape index (κ3) is 2.79. The van der Waals surface area contributed by atoms with E-state index in [0.29, 0.717) is 17.7 Å². The summed E-state index contributed by atoms with van der Waals surface area (Å²) in [6.45, 7) is 9.57. The Kier molecular flexibility index (Phi) is 4.51. The molecule has 19 heavy (non-hydrogen) atoms. The summed E-state index contributed by atoms with van der Waals surface area (Å²) in [7, 11) is 0. The van der Waals surface area contributed by atoms with E-state index in [1.165, 1.54) is 0 Å². The molecule has 4 nitrogen and oxygen atoms in total. The van der Waals surface area contributed by atoms with Crippen molar-refractivity contribution in [2.24, 2.45) is 17.3 Å². The van der Waals surface area contributed by atoms with Gasteiger partial charge < -0.3 is 15.3 Å². The van der Waals surface area contributed by atoms with E-state index in [1.807, 2.05) is 11.8 Å². The van der Waals surface area contributed by atoms with Crippen LogP contribution < -0.4 is 5.32 Å². The summed E-state index contributed by atoms with van der Waals surface area (Å²) < 4.78 is 0. The predicted molar refractivity (Wildman–Crippen MR) is 75.7 cm³/mol. The quantitative estimate of drug-likeness (QED) is 0.810. The Hall–Kier alpha value is -0.610. The molecular weight excluding hydrogens is 240 g/mol. The number of carbonyl (C=O) groups is 1. The molecule has 2 heterocycles. The van der Waals surface area contributed by atoms with Gasteiger partial charge in [-0.25, -0.2) is 0 Å². The maximum atomic E-state index is 12.9. The summed E-state index contributed by atoms with van der Waals surface area (Å²) >= 11 is 0. The number of hydrogen-bond acceptors (Lipinski definition) is 3. The zero-order valence-corrected chi connectivity index (χ0v) is 12.5. The van der Waals surface area contributed by atoms with Gasteiger partial charge in [-0.2, -0.15) is 0 Å². The highest BCUT2D eigenvalue weighted by Crippen LogP contribution is 2.37. The summed E-state index contributed by atoms with van der Waals surface area (Å²) in [5.74, 6) is 1.07. The first-order chi connectivity index (χ1) is 8.97. The first kappa shape index (κ1) is 14.8. The van der Waals surface area contributed by atoms with Crippen molar-refractivity contribution in [3.63, 3.8) is 0 Å². The maximum absolute atomic E-state index is 12.9. The number of aliphatic hydroxyl groups excluding tert-OH is 1. The first-order valence-corrected chi connectivity index (χ1v) is 7.65. The number of aliphatic hydroxyl groups is 1. The number of piperidine rings is 1. The highest BCUT2D eigenvalue weighted by atomic mass is 16.3. The Bertz CT molecular complexity index is 314. The molecule has 2 aliphatic heterocycles. The minimum Gasteiger partial charge on any atom is -0.393 e. The zero-order chi connectivity index (χ0) is 14.0. The molecule has 2 N–H and O–H groups in total. The Morgan fingerprint density at radius 3 is 2.37 bits per heavy atom. The number of nitrogens with one attached hydrogen (secondary N) is 1. The van der Waals surface area contributed by atoms with Crippen molar-refractivity contribution >= 4 is 5.91 Å². The van der Waals surface area contributed by atoms with Crippen LogP contribution in [0.2, 0.25) is 0 Å². The molecule has 0 spiro atoms. The van der Waals surface area contributed by atoms with Crippen molar-refractivity contribution in [1.29, 1.82) is 0 Å². The van der Waals surface area contributed by atoms with Crippen LogP contribution in [-0.4, -0.2) is 48.2 Å². The summed E-state index contributed by atoms with van der Waals surface area (Å²) in [4.78, 5) is 14.9. The number of nitrogens with zero attached hydrogens (tertiary/aromatic N) is 1. The highest BCUT2D eigenvalue weighted by Gasteiger charge is 2.46. The van der Waals surface area contributed by atoms with Crippen LogP contribution >= 0.6 is 0 Å². The molecular formula is C15H28N2O2. The van der Waals surface area contributed by atoms with Crippen molar-refractivity contribution in [3.8, 4) is 0 Å². The van der Waals surface area contributed by atoms with E-state index in [-0.39, 0.29) is 11.5 Å². The van der Waals surface area contributed by atoms with Crippen molar-refractivity contribution in [1.82, 2.24) is 10.2 Å². The average Bonchev–Trinajstić information content (AvgIpc) is 2.88. The monoisotopic (exact) mass is 268 g/mol. The largest absolute Gasteiger partial charge is 0.393 e. The first-order valence-electron chi connectivity index (χ1n) is 7.65. The van der Waals surface area contributed by atoms with Crippen LogP contribution in [0.3, 0.4) is 0 Å². The smallest absolute Gasteiger partial charge is 0.230 e. The van der Waals surface area contributed by atoms with Crippen molar-refractivity contribution in [3.05, 3.63) is 0 Å². The topological polar surface area (TPSA) is 52.6 Å². The predicted octanol–water partition coefficient (Wildman–Crippen LogP) is 1.24. The summed E-state index contributed by atoms with van der Waals surface area (Å²) in [6, 6.07) is 0. The molecule has 2 unspecified atom stereocenters. The molecule has 2 fully saturated rings. The fraction of sp³-hybridized carbons (Fsp3) is 0.933. The summed E-state index contributed by atoms with van der Waals surface area (Å²) in [6.07, 6.45) is 2.58. The van der Waals surface area contributed by atoms with Gasteiger partial charge in [0.1, 0.15) is 0 Å². The van der Waals surface area contributed by atoms with Crippen LogP contribution in [0.5, 0.6) is 0 Å². The van der Waals surface area contributed by atoms with Crippen LogP contribution in [0.25, 0.3) is 0 Å². The lowest BCUT2D eigenvalue weighted by molar-refractivity contribution is -0.145. The Morgan fingerprint density at radius 1 is 1.32 bits per heavy atom. The van der Waals surface area contributed by atoms with E-state index in [4.69, 9.17) is 0 Å². The molecule has 0 aromatic carbocycles. The number of likely N-dealkylation sites (tertiary alicyclic amines) is 1. The molecule has 110 valence electrons. The second-order valence-corrected chi connectivity index (χ2v) is 6.61. The molecule has 0 aromatic rings. The lowest BCUT2D eigenvalue weighted by Gasteiger charge is -2.40. The summed E-state index contributed by atoms with van der Waals surface area (Å²) in [5.41, 5.74) is -0.197. The molecule has 2 rings (SSSR count). The van der Waals surface area contributed by atoms with Gasteiger partial charge in [-0.15, -0.1) is 0 Å². The van der Waals surface area contributed by atoms with Crippen LogP contribution in [-0.2, 0) is 4.79 Å². The number of rotatable bonds is 3. The maximum Gasteiger partial charge on any atom is 0.230 e. The normalized spacial score (nSPS) is 30.9. The Labute approximate surface area is 116 Å². The van der Waals surface area contributed by atoms with Crippen LogP contribution in [0, 0.1) is 17.3 Å². The molecule has 0 radical (unpaired) electrons. The van der Waals surface area contributed by atoms with Crippen LogP contribution in [0.1, 0.15) is 40.0 Å². The minimum atomic E-state index is -0.246. The number of hydrogen-bond donors (Lipinski definition) is 2. The molecule has 0 aliphatic carbocycles. The van der Waals surface area contributed by atoms with E-state index in [9.17, 15) is 9.90 Å². The van der Waals surface area contributed by atoms with Crippen molar-refractivity contribution in [2.75, 3.05) is 26.2 Å². The highest BCUT2D eigenvalue weighted by molar-refractivity contribution is 5.83. The molecule has 0 aromatic heterocycles. The lowest BCUT2D eigenvalue weighted by atomic mass is 9.74. The minimum absolute atomic E-state index is 0.197. The van der Waals surface area contributed by atoms with Gasteiger partial charge in [0.2, 0.25) is 5.91 Å². The fourth-order valence-corrected chi connectivity index (χ4v) is 3.53. The molecule has 0 bridgehead atoms. The van der Waals surface area contributed by atoms with Gasteiger partial charge in [0.25, 0.3) is 0 Å².